The molecule has 21 heavy (non-hydrogen) atoms. The fourth-order valence-corrected chi connectivity index (χ4v) is 2.27. The lowest BCUT2D eigenvalue weighted by molar-refractivity contribution is 0.104. The molecular weight excluding hydrogens is 260 g/mol. The first-order valence-electron chi connectivity index (χ1n) is 7.66. The number of rotatable bonds is 6. The summed E-state index contributed by atoms with van der Waals surface area (Å²) in [6.45, 7) is 13.3. The van der Waals surface area contributed by atoms with Gasteiger partial charge < -0.3 is 9.64 Å². The first kappa shape index (κ1) is 18.0. The van der Waals surface area contributed by atoms with Crippen LogP contribution in [0.1, 0.15) is 40.2 Å². The molecule has 0 saturated carbocycles. The van der Waals surface area contributed by atoms with Crippen LogP contribution in [0.25, 0.3) is 0 Å². The van der Waals surface area contributed by atoms with Gasteiger partial charge >= 0.3 is 0 Å². The third kappa shape index (κ3) is 4.45. The van der Waals surface area contributed by atoms with Gasteiger partial charge in [0.1, 0.15) is 5.75 Å². The maximum Gasteiger partial charge on any atom is 0.123 e. The second-order valence-corrected chi connectivity index (χ2v) is 7.27. The fourth-order valence-electron chi connectivity index (χ4n) is 2.27. The number of hydrogen-bond acceptors (Lipinski definition) is 3. The molecule has 3 nitrogen and oxygen atoms in total. The molecular formula is C18H32N2O. The predicted octanol–water partition coefficient (Wildman–Crippen LogP) is 3.59. The van der Waals surface area contributed by atoms with E-state index in [0.717, 1.165) is 18.8 Å². The summed E-state index contributed by atoms with van der Waals surface area (Å²) in [5.74, 6) is 0.957. The number of benzene rings is 1. The van der Waals surface area contributed by atoms with E-state index in [2.05, 4.69) is 70.6 Å². The van der Waals surface area contributed by atoms with Crippen molar-refractivity contribution in [2.75, 3.05) is 34.3 Å². The van der Waals surface area contributed by atoms with E-state index in [9.17, 15) is 0 Å². The smallest absolute Gasteiger partial charge is 0.123 e. The highest BCUT2D eigenvalue weighted by atomic mass is 16.5. The monoisotopic (exact) mass is 292 g/mol. The van der Waals surface area contributed by atoms with Crippen molar-refractivity contribution in [1.29, 1.82) is 0 Å². The van der Waals surface area contributed by atoms with E-state index in [0.29, 0.717) is 0 Å². The average Bonchev–Trinajstić information content (AvgIpc) is 2.42. The first-order chi connectivity index (χ1) is 9.60. The summed E-state index contributed by atoms with van der Waals surface area (Å²) in [6.07, 6.45) is 0. The van der Waals surface area contributed by atoms with Gasteiger partial charge in [-0.15, -0.1) is 0 Å². The molecule has 1 rings (SSSR count). The van der Waals surface area contributed by atoms with E-state index in [1.807, 2.05) is 12.1 Å². The van der Waals surface area contributed by atoms with E-state index in [1.54, 1.807) is 7.11 Å². The van der Waals surface area contributed by atoms with Crippen LogP contribution in [0.15, 0.2) is 24.3 Å². The molecule has 3 heteroatoms. The Morgan fingerprint density at radius 1 is 0.905 bits per heavy atom. The lowest BCUT2D eigenvalue weighted by atomic mass is 9.91. The Morgan fingerprint density at radius 2 is 1.43 bits per heavy atom. The van der Waals surface area contributed by atoms with Gasteiger partial charge in [-0.25, -0.2) is 0 Å². The largest absolute Gasteiger partial charge is 0.496 e. The molecule has 0 N–H and O–H groups in total. The number of para-hydroxylation sites is 1. The van der Waals surface area contributed by atoms with Gasteiger partial charge in [0.2, 0.25) is 0 Å². The van der Waals surface area contributed by atoms with Gasteiger partial charge in [-0.2, -0.15) is 0 Å². The molecule has 0 radical (unpaired) electrons. The maximum atomic E-state index is 5.52. The SMILES string of the molecule is COc1ccccc1C(C)(C)N(C)CCN(C)C(C)(C)C. The minimum absolute atomic E-state index is 0.0642. The van der Waals surface area contributed by atoms with Gasteiger partial charge in [-0.3, -0.25) is 4.90 Å². The third-order valence-corrected chi connectivity index (χ3v) is 4.64. The normalized spacial score (nSPS) is 13.0. The first-order valence-corrected chi connectivity index (χ1v) is 7.66. The molecule has 120 valence electrons. The molecule has 0 aliphatic carbocycles. The summed E-state index contributed by atoms with van der Waals surface area (Å²) in [4.78, 5) is 4.79. The molecule has 0 heterocycles. The summed E-state index contributed by atoms with van der Waals surface area (Å²) in [7, 11) is 6.11. The molecule has 0 spiro atoms. The van der Waals surface area contributed by atoms with Crippen molar-refractivity contribution in [2.24, 2.45) is 0 Å². The zero-order valence-corrected chi connectivity index (χ0v) is 15.0. The Balaban J connectivity index is 2.82. The van der Waals surface area contributed by atoms with Gasteiger partial charge in [0, 0.05) is 29.7 Å². The van der Waals surface area contributed by atoms with Crippen molar-refractivity contribution >= 4 is 0 Å². The summed E-state index contributed by atoms with van der Waals surface area (Å²) >= 11 is 0. The van der Waals surface area contributed by atoms with Crippen LogP contribution in [0, 0.1) is 0 Å². The zero-order chi connectivity index (χ0) is 16.3. The Bertz CT molecular complexity index is 449. The van der Waals surface area contributed by atoms with Crippen LogP contribution >= 0.6 is 0 Å². The Hall–Kier alpha value is -1.06. The van der Waals surface area contributed by atoms with E-state index in [1.165, 1.54) is 5.56 Å². The van der Waals surface area contributed by atoms with Gasteiger partial charge in [-0.1, -0.05) is 18.2 Å². The van der Waals surface area contributed by atoms with Crippen LogP contribution < -0.4 is 4.74 Å². The van der Waals surface area contributed by atoms with E-state index < -0.39 is 0 Å². The Kier molecular flexibility index (Phi) is 5.83. The van der Waals surface area contributed by atoms with E-state index in [4.69, 9.17) is 4.74 Å². The van der Waals surface area contributed by atoms with Crippen molar-refractivity contribution in [3.05, 3.63) is 29.8 Å². The number of nitrogens with zero attached hydrogens (tertiary/aromatic N) is 2. The van der Waals surface area contributed by atoms with Crippen LogP contribution in [0.5, 0.6) is 5.75 Å². The number of methoxy groups -OCH3 is 1. The Labute approximate surface area is 130 Å². The lowest BCUT2D eigenvalue weighted by Crippen LogP contribution is -2.46. The molecule has 0 amide bonds. The topological polar surface area (TPSA) is 15.7 Å². The Morgan fingerprint density at radius 3 is 1.95 bits per heavy atom. The molecule has 0 fully saturated rings. The number of ether oxygens (including phenoxy) is 1. The van der Waals surface area contributed by atoms with Crippen molar-refractivity contribution in [3.8, 4) is 5.75 Å². The highest BCUT2D eigenvalue weighted by molar-refractivity contribution is 5.38. The standard InChI is InChI=1S/C18H32N2O/c1-17(2,3)19(6)13-14-20(7)18(4,5)15-11-9-10-12-16(15)21-8/h9-12H,13-14H2,1-8H3. The highest BCUT2D eigenvalue weighted by Crippen LogP contribution is 2.33. The predicted molar refractivity (Wildman–Crippen MR) is 91.0 cm³/mol. The molecule has 0 aromatic heterocycles. The summed E-state index contributed by atoms with van der Waals surface area (Å²) in [6, 6.07) is 8.29. The second-order valence-electron chi connectivity index (χ2n) is 7.27. The molecule has 1 aromatic rings. The minimum Gasteiger partial charge on any atom is -0.496 e. The van der Waals surface area contributed by atoms with E-state index >= 15 is 0 Å². The summed E-state index contributed by atoms with van der Waals surface area (Å²) < 4.78 is 5.52. The maximum absolute atomic E-state index is 5.52. The van der Waals surface area contributed by atoms with Gasteiger partial charge in [-0.05, 0) is 54.8 Å². The highest BCUT2D eigenvalue weighted by Gasteiger charge is 2.29. The van der Waals surface area contributed by atoms with Crippen molar-refractivity contribution in [2.45, 2.75) is 45.7 Å². The molecule has 1 aromatic carbocycles. The van der Waals surface area contributed by atoms with Crippen LogP contribution in [0.2, 0.25) is 0 Å². The number of likely N-dealkylation sites (N-methyl/N-ethyl adjacent to an activating group) is 2. The van der Waals surface area contributed by atoms with Crippen molar-refractivity contribution < 1.29 is 4.74 Å². The van der Waals surface area contributed by atoms with Crippen LogP contribution in [0.3, 0.4) is 0 Å². The third-order valence-electron chi connectivity index (χ3n) is 4.64. The summed E-state index contributed by atoms with van der Waals surface area (Å²) in [5.41, 5.74) is 1.37. The molecule has 0 unspecified atom stereocenters. The quantitative estimate of drug-likeness (QED) is 0.797. The molecule has 0 aliphatic rings. The van der Waals surface area contributed by atoms with Crippen molar-refractivity contribution in [1.82, 2.24) is 9.80 Å². The molecule has 0 bridgehead atoms. The van der Waals surface area contributed by atoms with Gasteiger partial charge in [0.15, 0.2) is 0 Å². The zero-order valence-electron chi connectivity index (χ0n) is 15.0. The minimum atomic E-state index is -0.0642. The number of hydrogen-bond donors (Lipinski definition) is 0. The van der Waals surface area contributed by atoms with Gasteiger partial charge in [0.05, 0.1) is 7.11 Å². The fraction of sp³-hybridized carbons (Fsp3) is 0.667. The van der Waals surface area contributed by atoms with Gasteiger partial charge in [0.25, 0.3) is 0 Å². The molecule has 0 saturated heterocycles. The van der Waals surface area contributed by atoms with Crippen LogP contribution in [-0.4, -0.2) is 49.6 Å². The lowest BCUT2D eigenvalue weighted by Gasteiger charge is -2.39. The molecule has 0 aliphatic heterocycles. The average molecular weight is 292 g/mol. The van der Waals surface area contributed by atoms with Crippen molar-refractivity contribution in [3.63, 3.8) is 0 Å². The van der Waals surface area contributed by atoms with Crippen LogP contribution in [0.4, 0.5) is 0 Å². The second kappa shape index (κ2) is 6.80. The van der Waals surface area contributed by atoms with Crippen LogP contribution in [-0.2, 0) is 5.54 Å². The molecule has 0 atom stereocenters. The van der Waals surface area contributed by atoms with E-state index in [-0.39, 0.29) is 11.1 Å². The summed E-state index contributed by atoms with van der Waals surface area (Å²) in [5, 5.41) is 0.